The molecule has 0 spiro atoms. The molecule has 9 nitrogen and oxygen atoms in total. The number of aryl methyl sites for hydroxylation is 1. The van der Waals surface area contributed by atoms with E-state index in [0.717, 1.165) is 5.56 Å². The van der Waals surface area contributed by atoms with Gasteiger partial charge in [0.05, 0.1) is 11.1 Å². The van der Waals surface area contributed by atoms with Crippen LogP contribution in [0.25, 0.3) is 0 Å². The molecule has 0 aromatic heterocycles. The van der Waals surface area contributed by atoms with Crippen molar-refractivity contribution in [3.05, 3.63) is 77.0 Å². The van der Waals surface area contributed by atoms with Crippen molar-refractivity contribution in [2.45, 2.75) is 18.2 Å². The SMILES string of the molecule is C=CCc1cccc(/C=N\[N+]([O-])=C(N)N)c1O.Cc1ccc(S(=O)(=O)O)cc1. The summed E-state index contributed by atoms with van der Waals surface area (Å²) in [6, 6.07) is 11.1. The van der Waals surface area contributed by atoms with Crippen LogP contribution < -0.4 is 11.5 Å². The van der Waals surface area contributed by atoms with Crippen molar-refractivity contribution in [3.8, 4) is 5.75 Å². The van der Waals surface area contributed by atoms with Crippen molar-refractivity contribution >= 4 is 22.3 Å². The van der Waals surface area contributed by atoms with Crippen LogP contribution in [0.3, 0.4) is 0 Å². The lowest BCUT2D eigenvalue weighted by Crippen LogP contribution is -2.30. The summed E-state index contributed by atoms with van der Waals surface area (Å²) in [5, 5.41) is 24.3. The Morgan fingerprint density at radius 1 is 1.25 bits per heavy atom. The number of aromatic hydroxyl groups is 1. The summed E-state index contributed by atoms with van der Waals surface area (Å²) in [6.45, 7) is 5.43. The molecule has 0 aliphatic heterocycles. The molecule has 0 aliphatic carbocycles. The van der Waals surface area contributed by atoms with Crippen LogP contribution in [0.4, 0.5) is 0 Å². The molecule has 2 aromatic carbocycles. The highest BCUT2D eigenvalue weighted by Crippen LogP contribution is 2.21. The normalized spacial score (nSPS) is 10.8. The molecule has 2 rings (SSSR count). The maximum Gasteiger partial charge on any atom is 0.366 e. The number of phenols is 1. The van der Waals surface area contributed by atoms with E-state index in [0.29, 0.717) is 17.5 Å². The number of rotatable bonds is 5. The Bertz CT molecular complexity index is 980. The first-order chi connectivity index (χ1) is 13.1. The third kappa shape index (κ3) is 7.09. The molecule has 0 unspecified atom stereocenters. The average molecular weight is 406 g/mol. The van der Waals surface area contributed by atoms with E-state index in [-0.39, 0.29) is 15.5 Å². The van der Waals surface area contributed by atoms with Gasteiger partial charge in [0.1, 0.15) is 5.75 Å². The van der Waals surface area contributed by atoms with Crippen LogP contribution in [0.2, 0.25) is 0 Å². The van der Waals surface area contributed by atoms with E-state index in [1.807, 2.05) is 6.92 Å². The number of hydrogen-bond donors (Lipinski definition) is 4. The lowest BCUT2D eigenvalue weighted by atomic mass is 10.1. The molecule has 0 amide bonds. The largest absolute Gasteiger partial charge is 0.722 e. The van der Waals surface area contributed by atoms with Crippen molar-refractivity contribution in [2.75, 3.05) is 0 Å². The van der Waals surface area contributed by atoms with Gasteiger partial charge in [0.25, 0.3) is 10.1 Å². The van der Waals surface area contributed by atoms with Gasteiger partial charge in [0, 0.05) is 5.56 Å². The predicted molar refractivity (Wildman–Crippen MR) is 108 cm³/mol. The van der Waals surface area contributed by atoms with Crippen molar-refractivity contribution in [2.24, 2.45) is 16.6 Å². The van der Waals surface area contributed by atoms with Crippen LogP contribution in [0.15, 0.2) is 65.1 Å². The number of hydrazone groups is 1. The van der Waals surface area contributed by atoms with Crippen LogP contribution >= 0.6 is 0 Å². The van der Waals surface area contributed by atoms with E-state index < -0.39 is 16.1 Å². The fraction of sp³-hybridized carbons (Fsp3) is 0.111. The summed E-state index contributed by atoms with van der Waals surface area (Å²) >= 11 is 0. The lowest BCUT2D eigenvalue weighted by Gasteiger charge is -2.06. The van der Waals surface area contributed by atoms with Crippen LogP contribution in [-0.4, -0.2) is 35.1 Å². The van der Waals surface area contributed by atoms with Crippen molar-refractivity contribution in [1.29, 1.82) is 0 Å². The van der Waals surface area contributed by atoms with Gasteiger partial charge < -0.3 is 10.3 Å². The lowest BCUT2D eigenvalue weighted by molar-refractivity contribution is -0.463. The van der Waals surface area contributed by atoms with Crippen LogP contribution in [0.5, 0.6) is 5.75 Å². The average Bonchev–Trinajstić information content (AvgIpc) is 2.62. The second-order valence-corrected chi connectivity index (χ2v) is 7.00. The molecule has 0 radical (unpaired) electrons. The second kappa shape index (κ2) is 10.1. The van der Waals surface area contributed by atoms with Gasteiger partial charge in [-0.25, -0.2) is 0 Å². The van der Waals surface area contributed by atoms with Gasteiger partial charge in [-0.2, -0.15) is 8.42 Å². The molecule has 0 heterocycles. The molecule has 2 aromatic rings. The first kappa shape index (κ1) is 22.7. The predicted octanol–water partition coefficient (Wildman–Crippen LogP) is 1.48. The van der Waals surface area contributed by atoms with Gasteiger partial charge in [-0.1, -0.05) is 35.9 Å². The highest BCUT2D eigenvalue weighted by atomic mass is 32.2. The van der Waals surface area contributed by atoms with E-state index >= 15 is 0 Å². The standard InChI is InChI=1S/C11H14N4O2.C7H8O3S/c1-2-4-8-5-3-6-9(10(8)16)7-14-15(17)11(12)13;1-6-2-4-7(5-3-6)11(8,9)10/h2-3,5-7,16H,1,4,12-13H2;2-5H,1H3,(H,8,9,10)/b14-7-;. The van der Waals surface area contributed by atoms with Gasteiger partial charge in [-0.05, 0) is 37.1 Å². The fourth-order valence-electron chi connectivity index (χ4n) is 1.93. The molecule has 150 valence electrons. The van der Waals surface area contributed by atoms with Crippen LogP contribution in [0.1, 0.15) is 16.7 Å². The number of benzene rings is 2. The Morgan fingerprint density at radius 3 is 2.36 bits per heavy atom. The van der Waals surface area contributed by atoms with Gasteiger partial charge >= 0.3 is 5.96 Å². The Hall–Kier alpha value is -3.37. The fourth-order valence-corrected chi connectivity index (χ4v) is 2.41. The summed E-state index contributed by atoms with van der Waals surface area (Å²) < 4.78 is 29.6. The van der Waals surface area contributed by atoms with E-state index in [1.54, 1.807) is 36.4 Å². The van der Waals surface area contributed by atoms with Crippen LogP contribution in [0, 0.1) is 12.1 Å². The first-order valence-corrected chi connectivity index (χ1v) is 9.35. The quantitative estimate of drug-likeness (QED) is 0.111. The second-order valence-electron chi connectivity index (χ2n) is 5.58. The van der Waals surface area contributed by atoms with E-state index in [1.165, 1.54) is 18.3 Å². The number of para-hydroxylation sites is 1. The van der Waals surface area contributed by atoms with E-state index in [2.05, 4.69) is 11.7 Å². The van der Waals surface area contributed by atoms with Gasteiger partial charge in [0.15, 0.2) is 0 Å². The highest BCUT2D eigenvalue weighted by Gasteiger charge is 2.07. The van der Waals surface area contributed by atoms with Crippen LogP contribution in [-0.2, 0) is 16.5 Å². The molecule has 0 atom stereocenters. The molecule has 6 N–H and O–H groups in total. The minimum atomic E-state index is -4.02. The molecular formula is C18H22N4O5S. The first-order valence-electron chi connectivity index (χ1n) is 7.91. The maximum absolute atomic E-state index is 11.0. The van der Waals surface area contributed by atoms with Crippen molar-refractivity contribution in [3.63, 3.8) is 0 Å². The summed E-state index contributed by atoms with van der Waals surface area (Å²) in [5.41, 5.74) is 12.1. The van der Waals surface area contributed by atoms with Crippen molar-refractivity contribution in [1.82, 2.24) is 0 Å². The zero-order valence-corrected chi connectivity index (χ0v) is 16.0. The zero-order valence-electron chi connectivity index (χ0n) is 15.2. The minimum Gasteiger partial charge on any atom is -0.722 e. The molecule has 0 bridgehead atoms. The molecular weight excluding hydrogens is 384 g/mol. The van der Waals surface area contributed by atoms with Gasteiger partial charge in [0.2, 0.25) is 0 Å². The number of allylic oxidation sites excluding steroid dienone is 1. The topological polar surface area (TPSA) is 165 Å². The zero-order chi connectivity index (χ0) is 21.3. The minimum absolute atomic E-state index is 0.0557. The number of phenolic OH excluding ortho intramolecular Hbond substituents is 1. The van der Waals surface area contributed by atoms with E-state index in [9.17, 15) is 18.7 Å². The van der Waals surface area contributed by atoms with Gasteiger partial charge in [-0.15, -0.1) is 16.5 Å². The number of nitrogens with zero attached hydrogens (tertiary/aromatic N) is 2. The Kier molecular flexibility index (Phi) is 8.17. The summed E-state index contributed by atoms with van der Waals surface area (Å²) in [5.74, 6) is -0.414. The smallest absolute Gasteiger partial charge is 0.366 e. The molecule has 0 saturated heterocycles. The molecule has 0 saturated carbocycles. The highest BCUT2D eigenvalue weighted by molar-refractivity contribution is 7.85. The maximum atomic E-state index is 11.0. The molecule has 28 heavy (non-hydrogen) atoms. The molecule has 0 aliphatic rings. The number of hydrogen-bond acceptors (Lipinski definition) is 5. The van der Waals surface area contributed by atoms with Crippen molar-refractivity contribution < 1.29 is 22.9 Å². The monoisotopic (exact) mass is 406 g/mol. The third-order valence-electron chi connectivity index (χ3n) is 3.36. The van der Waals surface area contributed by atoms with Gasteiger partial charge in [-0.3, -0.25) is 16.0 Å². The summed E-state index contributed by atoms with van der Waals surface area (Å²) in [4.78, 5) is 0.00249. The Morgan fingerprint density at radius 2 is 1.86 bits per heavy atom. The summed E-state index contributed by atoms with van der Waals surface area (Å²) in [6.07, 6.45) is 3.38. The number of nitrogens with two attached hydrogens (primary N) is 2. The number of guanidine groups is 1. The van der Waals surface area contributed by atoms with E-state index in [4.69, 9.17) is 16.0 Å². The summed E-state index contributed by atoms with van der Waals surface area (Å²) in [7, 11) is -4.02. The Labute approximate surface area is 163 Å². The Balaban J connectivity index is 0.000000307. The molecule has 0 fully saturated rings. The molecule has 10 heteroatoms. The third-order valence-corrected chi connectivity index (χ3v) is 4.22.